The fourth-order valence-corrected chi connectivity index (χ4v) is 2.98. The summed E-state index contributed by atoms with van der Waals surface area (Å²) >= 11 is 0. The Kier molecular flexibility index (Phi) is 4.88. The van der Waals surface area contributed by atoms with Crippen molar-refractivity contribution in [1.82, 2.24) is 0 Å². The molecule has 1 atom stereocenters. The lowest BCUT2D eigenvalue weighted by Crippen LogP contribution is -2.18. The molecule has 0 radical (unpaired) electrons. The summed E-state index contributed by atoms with van der Waals surface area (Å²) in [5.41, 5.74) is 1.90. The van der Waals surface area contributed by atoms with Crippen molar-refractivity contribution in [3.63, 3.8) is 0 Å². The van der Waals surface area contributed by atoms with Gasteiger partial charge in [-0.25, -0.2) is 0 Å². The van der Waals surface area contributed by atoms with Crippen molar-refractivity contribution in [2.75, 3.05) is 26.4 Å². The molecule has 3 rings (SSSR count). The van der Waals surface area contributed by atoms with Crippen LogP contribution in [0.4, 0.5) is 0 Å². The molecule has 4 nitrogen and oxygen atoms in total. The van der Waals surface area contributed by atoms with Crippen molar-refractivity contribution in [1.29, 1.82) is 0 Å². The standard InChI is InChI=1S/C17H22O4/c18-16-7-1-6-15-14(16)5-2-8-17(15)21-11-10-19-12-13-4-3-9-20-13/h2,5,8,13H,1,3-4,6-7,9-12H2. The fourth-order valence-electron chi connectivity index (χ4n) is 2.98. The van der Waals surface area contributed by atoms with Crippen molar-refractivity contribution < 1.29 is 19.0 Å². The highest BCUT2D eigenvalue weighted by Crippen LogP contribution is 2.29. The lowest BCUT2D eigenvalue weighted by atomic mass is 9.90. The topological polar surface area (TPSA) is 44.8 Å². The van der Waals surface area contributed by atoms with Gasteiger partial charge in [-0.3, -0.25) is 4.79 Å². The average molecular weight is 290 g/mol. The van der Waals surface area contributed by atoms with Crippen LogP contribution in [0.1, 0.15) is 41.6 Å². The van der Waals surface area contributed by atoms with Crippen molar-refractivity contribution in [2.45, 2.75) is 38.2 Å². The number of carbonyl (C=O) groups is 1. The first-order valence-corrected chi connectivity index (χ1v) is 7.82. The molecule has 0 N–H and O–H groups in total. The summed E-state index contributed by atoms with van der Waals surface area (Å²) in [6, 6.07) is 5.74. The van der Waals surface area contributed by atoms with E-state index in [-0.39, 0.29) is 11.9 Å². The molecule has 1 aliphatic heterocycles. The maximum absolute atomic E-state index is 11.9. The first kappa shape index (κ1) is 14.5. The molecule has 1 fully saturated rings. The molecule has 0 amide bonds. The van der Waals surface area contributed by atoms with Crippen LogP contribution in [-0.4, -0.2) is 38.3 Å². The zero-order valence-corrected chi connectivity index (χ0v) is 12.3. The molecule has 1 saturated heterocycles. The molecule has 1 heterocycles. The van der Waals surface area contributed by atoms with Crippen molar-refractivity contribution in [3.8, 4) is 5.75 Å². The third-order valence-corrected chi connectivity index (χ3v) is 4.08. The lowest BCUT2D eigenvalue weighted by molar-refractivity contribution is 0.00844. The van der Waals surface area contributed by atoms with Gasteiger partial charge in [0, 0.05) is 24.2 Å². The number of carbonyl (C=O) groups excluding carboxylic acids is 1. The van der Waals surface area contributed by atoms with Gasteiger partial charge in [0.1, 0.15) is 12.4 Å². The Morgan fingerprint density at radius 1 is 1.19 bits per heavy atom. The van der Waals surface area contributed by atoms with Crippen LogP contribution < -0.4 is 4.74 Å². The maximum Gasteiger partial charge on any atom is 0.163 e. The zero-order valence-electron chi connectivity index (χ0n) is 12.3. The van der Waals surface area contributed by atoms with Gasteiger partial charge in [0.15, 0.2) is 5.78 Å². The second-order valence-corrected chi connectivity index (χ2v) is 5.62. The summed E-state index contributed by atoms with van der Waals surface area (Å²) < 4.78 is 16.9. The Balaban J connectivity index is 1.47. The number of hydrogen-bond donors (Lipinski definition) is 0. The van der Waals surface area contributed by atoms with Gasteiger partial charge in [-0.15, -0.1) is 0 Å². The zero-order chi connectivity index (χ0) is 14.5. The molecule has 1 unspecified atom stereocenters. The van der Waals surface area contributed by atoms with Crippen LogP contribution in [0.25, 0.3) is 0 Å². The van der Waals surface area contributed by atoms with Gasteiger partial charge < -0.3 is 14.2 Å². The highest BCUT2D eigenvalue weighted by molar-refractivity contribution is 5.99. The van der Waals surface area contributed by atoms with E-state index in [1.807, 2.05) is 18.2 Å². The predicted octanol–water partition coefficient (Wildman–Crippen LogP) is 2.78. The van der Waals surface area contributed by atoms with Crippen LogP contribution in [0.5, 0.6) is 5.75 Å². The third-order valence-electron chi connectivity index (χ3n) is 4.08. The quantitative estimate of drug-likeness (QED) is 0.756. The molecule has 0 aromatic heterocycles. The minimum Gasteiger partial charge on any atom is -0.491 e. The van der Waals surface area contributed by atoms with E-state index < -0.39 is 0 Å². The Morgan fingerprint density at radius 3 is 3.00 bits per heavy atom. The summed E-state index contributed by atoms with van der Waals surface area (Å²) in [6.07, 6.45) is 4.98. The normalized spacial score (nSPS) is 21.3. The number of benzene rings is 1. The van der Waals surface area contributed by atoms with Crippen LogP contribution in [0.15, 0.2) is 18.2 Å². The first-order chi connectivity index (χ1) is 10.3. The van der Waals surface area contributed by atoms with Crippen molar-refractivity contribution in [3.05, 3.63) is 29.3 Å². The van der Waals surface area contributed by atoms with Crippen molar-refractivity contribution in [2.24, 2.45) is 0 Å². The minimum atomic E-state index is 0.233. The molecular formula is C17H22O4. The van der Waals surface area contributed by atoms with Crippen LogP contribution in [0, 0.1) is 0 Å². The van der Waals surface area contributed by atoms with Gasteiger partial charge in [0.05, 0.1) is 19.3 Å². The molecule has 0 saturated carbocycles. The summed E-state index contributed by atoms with van der Waals surface area (Å²) in [7, 11) is 0. The summed E-state index contributed by atoms with van der Waals surface area (Å²) in [4.78, 5) is 11.9. The molecule has 1 aromatic carbocycles. The van der Waals surface area contributed by atoms with Crippen LogP contribution in [0.2, 0.25) is 0 Å². The van der Waals surface area contributed by atoms with Gasteiger partial charge in [-0.2, -0.15) is 0 Å². The largest absolute Gasteiger partial charge is 0.491 e. The average Bonchev–Trinajstić information content (AvgIpc) is 3.01. The summed E-state index contributed by atoms with van der Waals surface area (Å²) in [5.74, 6) is 1.07. The van der Waals surface area contributed by atoms with Gasteiger partial charge in [-0.05, 0) is 31.7 Å². The number of ketones is 1. The van der Waals surface area contributed by atoms with Gasteiger partial charge >= 0.3 is 0 Å². The summed E-state index contributed by atoms with van der Waals surface area (Å²) in [6.45, 7) is 2.57. The minimum absolute atomic E-state index is 0.233. The Hall–Kier alpha value is -1.39. The SMILES string of the molecule is O=C1CCCc2c(OCCOCC3CCCO3)cccc21. The van der Waals surface area contributed by atoms with Crippen LogP contribution in [-0.2, 0) is 15.9 Å². The highest BCUT2D eigenvalue weighted by atomic mass is 16.5. The monoisotopic (exact) mass is 290 g/mol. The predicted molar refractivity (Wildman–Crippen MR) is 79.0 cm³/mol. The summed E-state index contributed by atoms with van der Waals surface area (Å²) in [5, 5.41) is 0. The number of hydrogen-bond acceptors (Lipinski definition) is 4. The van der Waals surface area contributed by atoms with E-state index in [9.17, 15) is 4.79 Å². The maximum atomic E-state index is 11.9. The second-order valence-electron chi connectivity index (χ2n) is 5.62. The molecule has 0 bridgehead atoms. The van der Waals surface area contributed by atoms with Gasteiger partial charge in [-0.1, -0.05) is 12.1 Å². The third kappa shape index (κ3) is 3.63. The van der Waals surface area contributed by atoms with E-state index in [2.05, 4.69) is 0 Å². The number of Topliss-reactive ketones (excluding diaryl/α,β-unsaturated/α-hetero) is 1. The Morgan fingerprint density at radius 2 is 2.14 bits per heavy atom. The second kappa shape index (κ2) is 7.05. The molecule has 2 aliphatic rings. The Labute approximate surface area is 125 Å². The lowest BCUT2D eigenvalue weighted by Gasteiger charge is -2.18. The number of fused-ring (bicyclic) bond motifs is 1. The van der Waals surface area contributed by atoms with Gasteiger partial charge in [0.25, 0.3) is 0 Å². The van der Waals surface area contributed by atoms with E-state index in [1.165, 1.54) is 0 Å². The van der Waals surface area contributed by atoms with E-state index >= 15 is 0 Å². The smallest absolute Gasteiger partial charge is 0.163 e. The molecule has 21 heavy (non-hydrogen) atoms. The molecular weight excluding hydrogens is 268 g/mol. The molecule has 1 aliphatic carbocycles. The van der Waals surface area contributed by atoms with E-state index in [0.29, 0.717) is 26.2 Å². The van der Waals surface area contributed by atoms with E-state index in [0.717, 1.165) is 49.2 Å². The van der Waals surface area contributed by atoms with E-state index in [1.54, 1.807) is 0 Å². The molecule has 1 aromatic rings. The van der Waals surface area contributed by atoms with Crippen molar-refractivity contribution >= 4 is 5.78 Å². The number of ether oxygens (including phenoxy) is 3. The number of rotatable bonds is 6. The molecule has 4 heteroatoms. The fraction of sp³-hybridized carbons (Fsp3) is 0.588. The first-order valence-electron chi connectivity index (χ1n) is 7.82. The molecule has 0 spiro atoms. The van der Waals surface area contributed by atoms with Crippen LogP contribution >= 0.6 is 0 Å². The van der Waals surface area contributed by atoms with E-state index in [4.69, 9.17) is 14.2 Å². The highest BCUT2D eigenvalue weighted by Gasteiger charge is 2.20. The Bertz CT molecular complexity index is 492. The van der Waals surface area contributed by atoms with Gasteiger partial charge in [0.2, 0.25) is 0 Å². The van der Waals surface area contributed by atoms with Crippen LogP contribution in [0.3, 0.4) is 0 Å². The molecule has 114 valence electrons.